The highest BCUT2D eigenvalue weighted by Gasteiger charge is 2.30. The van der Waals surface area contributed by atoms with E-state index in [1.807, 2.05) is 0 Å². The molecule has 0 aliphatic carbocycles. The third-order valence-corrected chi connectivity index (χ3v) is 5.17. The van der Waals surface area contributed by atoms with Crippen LogP contribution in [0.4, 0.5) is 4.39 Å². The van der Waals surface area contributed by atoms with Crippen LogP contribution in [-0.4, -0.2) is 67.7 Å². The number of likely N-dealkylation sites (tertiary alicyclic amines) is 1. The van der Waals surface area contributed by atoms with E-state index < -0.39 is 18.0 Å². The summed E-state index contributed by atoms with van der Waals surface area (Å²) in [4.78, 5) is 27.1. The van der Waals surface area contributed by atoms with E-state index in [4.69, 9.17) is 0 Å². The van der Waals surface area contributed by atoms with Crippen molar-refractivity contribution >= 4 is 11.8 Å². The Morgan fingerprint density at radius 2 is 1.94 bits per heavy atom. The molecule has 3 aromatic rings. The van der Waals surface area contributed by atoms with Gasteiger partial charge in [-0.05, 0) is 29.3 Å². The van der Waals surface area contributed by atoms with E-state index in [0.29, 0.717) is 23.1 Å². The largest absolute Gasteiger partial charge is 0.391 e. The van der Waals surface area contributed by atoms with Gasteiger partial charge in [0.15, 0.2) is 0 Å². The van der Waals surface area contributed by atoms with Crippen LogP contribution in [0.2, 0.25) is 0 Å². The molecule has 2 amide bonds. The number of hydrogen-bond acceptors (Lipinski definition) is 6. The van der Waals surface area contributed by atoms with Gasteiger partial charge in [0.2, 0.25) is 11.7 Å². The number of nitrogens with one attached hydrogen (secondary N) is 2. The molecule has 2 atom stereocenters. The number of amides is 2. The number of aromatic nitrogens is 4. The molecule has 1 saturated heterocycles. The van der Waals surface area contributed by atoms with Gasteiger partial charge in [-0.3, -0.25) is 9.59 Å². The molecule has 0 bridgehead atoms. The number of H-pyrrole nitrogens is 1. The number of nitrogens with zero attached hydrogens (tertiary/aromatic N) is 4. The fourth-order valence-corrected chi connectivity index (χ4v) is 3.71. The van der Waals surface area contributed by atoms with Crippen LogP contribution in [0.1, 0.15) is 22.3 Å². The SMILES string of the molecule is O=C(N[C@H]1C[C@@H](O)CN(C(=O)Cc2ccccc2F)C1)c1ccccc1-c1nn[nH]n1. The Bertz CT molecular complexity index is 1070. The van der Waals surface area contributed by atoms with Crippen LogP contribution in [0.25, 0.3) is 11.4 Å². The van der Waals surface area contributed by atoms with Crippen molar-refractivity contribution in [3.05, 3.63) is 65.5 Å². The highest BCUT2D eigenvalue weighted by molar-refractivity contribution is 6.00. The zero-order valence-corrected chi connectivity index (χ0v) is 16.5. The molecule has 10 heteroatoms. The predicted molar refractivity (Wildman–Crippen MR) is 108 cm³/mol. The van der Waals surface area contributed by atoms with E-state index in [0.717, 1.165) is 0 Å². The van der Waals surface area contributed by atoms with Crippen LogP contribution in [0, 0.1) is 5.82 Å². The molecule has 1 aliphatic rings. The zero-order valence-electron chi connectivity index (χ0n) is 16.5. The Balaban J connectivity index is 1.45. The van der Waals surface area contributed by atoms with Gasteiger partial charge in [0.25, 0.3) is 5.91 Å². The number of tetrazole rings is 1. The summed E-state index contributed by atoms with van der Waals surface area (Å²) in [7, 11) is 0. The molecule has 160 valence electrons. The lowest BCUT2D eigenvalue weighted by Gasteiger charge is -2.36. The Labute approximate surface area is 177 Å². The number of carbonyl (C=O) groups is 2. The van der Waals surface area contributed by atoms with Crippen LogP contribution < -0.4 is 5.32 Å². The standard InChI is InChI=1S/C21H21FN6O3/c22-18-8-4-1-5-13(18)9-19(30)28-11-14(10-15(29)12-28)23-21(31)17-7-3-2-6-16(17)20-24-26-27-25-20/h1-8,14-15,29H,9-12H2,(H,23,31)(H,24,25,26,27)/t14-,15+/m0/s1. The smallest absolute Gasteiger partial charge is 0.252 e. The number of aromatic amines is 1. The fourth-order valence-electron chi connectivity index (χ4n) is 3.71. The first kappa shape index (κ1) is 20.6. The lowest BCUT2D eigenvalue weighted by molar-refractivity contribution is -0.134. The van der Waals surface area contributed by atoms with Crippen molar-refractivity contribution in [2.24, 2.45) is 0 Å². The Morgan fingerprint density at radius 3 is 2.71 bits per heavy atom. The first-order valence-corrected chi connectivity index (χ1v) is 9.84. The molecule has 0 saturated carbocycles. The molecule has 0 spiro atoms. The predicted octanol–water partition coefficient (Wildman–Crippen LogP) is 0.940. The number of hydrogen-bond donors (Lipinski definition) is 3. The lowest BCUT2D eigenvalue weighted by Crippen LogP contribution is -2.54. The maximum absolute atomic E-state index is 13.9. The number of aliphatic hydroxyl groups is 1. The number of aliphatic hydroxyl groups excluding tert-OH is 1. The van der Waals surface area contributed by atoms with Crippen LogP contribution in [0.5, 0.6) is 0 Å². The number of halogens is 1. The quantitative estimate of drug-likeness (QED) is 0.560. The molecule has 1 aliphatic heterocycles. The Kier molecular flexibility index (Phi) is 5.99. The second kappa shape index (κ2) is 9.00. The minimum absolute atomic E-state index is 0.110. The van der Waals surface area contributed by atoms with Crippen LogP contribution in [0.15, 0.2) is 48.5 Å². The molecular formula is C21H21FN6O3. The number of piperidine rings is 1. The molecular weight excluding hydrogens is 403 g/mol. The number of rotatable bonds is 5. The summed E-state index contributed by atoms with van der Waals surface area (Å²) in [5, 5.41) is 26.9. The third kappa shape index (κ3) is 4.75. The monoisotopic (exact) mass is 424 g/mol. The maximum atomic E-state index is 13.9. The molecule has 1 fully saturated rings. The minimum Gasteiger partial charge on any atom is -0.391 e. The summed E-state index contributed by atoms with van der Waals surface area (Å²) in [6.45, 7) is 0.361. The van der Waals surface area contributed by atoms with E-state index in [2.05, 4.69) is 25.9 Å². The van der Waals surface area contributed by atoms with E-state index in [1.165, 1.54) is 11.0 Å². The second-order valence-electron chi connectivity index (χ2n) is 7.41. The van der Waals surface area contributed by atoms with Gasteiger partial charge in [-0.2, -0.15) is 5.21 Å². The van der Waals surface area contributed by atoms with Crippen molar-refractivity contribution in [1.82, 2.24) is 30.8 Å². The molecule has 31 heavy (non-hydrogen) atoms. The summed E-state index contributed by atoms with van der Waals surface area (Å²) >= 11 is 0. The van der Waals surface area contributed by atoms with Gasteiger partial charge in [-0.15, -0.1) is 10.2 Å². The average molecular weight is 424 g/mol. The van der Waals surface area contributed by atoms with Gasteiger partial charge in [0.1, 0.15) is 5.82 Å². The van der Waals surface area contributed by atoms with E-state index >= 15 is 0 Å². The van der Waals surface area contributed by atoms with Crippen LogP contribution in [-0.2, 0) is 11.2 Å². The van der Waals surface area contributed by atoms with Crippen molar-refractivity contribution in [3.63, 3.8) is 0 Å². The highest BCUT2D eigenvalue weighted by atomic mass is 19.1. The van der Waals surface area contributed by atoms with Gasteiger partial charge in [-0.25, -0.2) is 4.39 Å². The zero-order chi connectivity index (χ0) is 21.8. The molecule has 2 heterocycles. The third-order valence-electron chi connectivity index (χ3n) is 5.17. The van der Waals surface area contributed by atoms with Crippen LogP contribution >= 0.6 is 0 Å². The molecule has 4 rings (SSSR count). The fraction of sp³-hybridized carbons (Fsp3) is 0.286. The summed E-state index contributed by atoms with van der Waals surface area (Å²) in [5.41, 5.74) is 1.16. The number of carbonyl (C=O) groups excluding carboxylic acids is 2. The van der Waals surface area contributed by atoms with Crippen molar-refractivity contribution in [3.8, 4) is 11.4 Å². The molecule has 3 N–H and O–H groups in total. The highest BCUT2D eigenvalue weighted by Crippen LogP contribution is 2.20. The molecule has 2 aromatic carbocycles. The number of benzene rings is 2. The Hall–Kier alpha value is -3.66. The molecule has 0 radical (unpaired) electrons. The summed E-state index contributed by atoms with van der Waals surface area (Å²) in [6.07, 6.45) is -0.601. The second-order valence-corrected chi connectivity index (χ2v) is 7.41. The first-order valence-electron chi connectivity index (χ1n) is 9.84. The van der Waals surface area contributed by atoms with E-state index in [1.54, 1.807) is 42.5 Å². The van der Waals surface area contributed by atoms with Gasteiger partial charge >= 0.3 is 0 Å². The first-order chi connectivity index (χ1) is 15.0. The normalized spacial score (nSPS) is 18.6. The summed E-state index contributed by atoms with van der Waals surface area (Å²) in [6, 6.07) is 12.5. The average Bonchev–Trinajstić information content (AvgIpc) is 3.30. The molecule has 1 aromatic heterocycles. The van der Waals surface area contributed by atoms with E-state index in [-0.39, 0.29) is 37.1 Å². The van der Waals surface area contributed by atoms with Gasteiger partial charge < -0.3 is 15.3 Å². The number of β-amino-alcohol motifs (C(OH)–C–C–N with tert-alkyl or cyclic N) is 1. The van der Waals surface area contributed by atoms with Crippen molar-refractivity contribution in [2.75, 3.05) is 13.1 Å². The summed E-state index contributed by atoms with van der Waals surface area (Å²) < 4.78 is 13.9. The summed E-state index contributed by atoms with van der Waals surface area (Å²) in [5.74, 6) is -0.844. The van der Waals surface area contributed by atoms with Gasteiger partial charge in [-0.1, -0.05) is 36.4 Å². The topological polar surface area (TPSA) is 124 Å². The van der Waals surface area contributed by atoms with Crippen molar-refractivity contribution < 1.29 is 19.1 Å². The van der Waals surface area contributed by atoms with Crippen LogP contribution in [0.3, 0.4) is 0 Å². The van der Waals surface area contributed by atoms with Crippen molar-refractivity contribution in [1.29, 1.82) is 0 Å². The molecule has 0 unspecified atom stereocenters. The lowest BCUT2D eigenvalue weighted by atomic mass is 10.0. The van der Waals surface area contributed by atoms with Gasteiger partial charge in [0.05, 0.1) is 18.1 Å². The molecule has 9 nitrogen and oxygen atoms in total. The van der Waals surface area contributed by atoms with Gasteiger partial charge in [0, 0.05) is 24.7 Å². The minimum atomic E-state index is -0.795. The Morgan fingerprint density at radius 1 is 1.16 bits per heavy atom. The van der Waals surface area contributed by atoms with E-state index in [9.17, 15) is 19.1 Å². The van der Waals surface area contributed by atoms with Crippen molar-refractivity contribution in [2.45, 2.75) is 25.0 Å². The maximum Gasteiger partial charge on any atom is 0.252 e.